The van der Waals surface area contributed by atoms with Gasteiger partial charge in [0, 0.05) is 26.2 Å². The van der Waals surface area contributed by atoms with Crippen molar-refractivity contribution in [3.63, 3.8) is 0 Å². The molecule has 2 rings (SSSR count). The van der Waals surface area contributed by atoms with Crippen molar-refractivity contribution in [1.29, 1.82) is 0 Å². The van der Waals surface area contributed by atoms with Gasteiger partial charge in [0.05, 0.1) is 11.8 Å². The molecule has 0 aromatic carbocycles. The van der Waals surface area contributed by atoms with Crippen LogP contribution < -0.4 is 0 Å². The Morgan fingerprint density at radius 2 is 1.12 bits per heavy atom. The Labute approximate surface area is 91.2 Å². The third-order valence-corrected chi connectivity index (χ3v) is 3.11. The zero-order valence-corrected chi connectivity index (χ0v) is 8.50. The number of carboxylic acid groups (broad SMARTS) is 2. The lowest BCUT2D eigenvalue weighted by atomic mass is 9.83. The van der Waals surface area contributed by atoms with E-state index in [2.05, 4.69) is 0 Å². The maximum absolute atomic E-state index is 11.7. The van der Waals surface area contributed by atoms with Crippen molar-refractivity contribution in [2.75, 3.05) is 26.2 Å². The summed E-state index contributed by atoms with van der Waals surface area (Å²) in [4.78, 5) is 35.0. The molecule has 2 fully saturated rings. The molecular formula is C9H12N2O5. The quantitative estimate of drug-likeness (QED) is 0.680. The minimum absolute atomic E-state index is 0.00463. The van der Waals surface area contributed by atoms with E-state index >= 15 is 0 Å². The zero-order valence-electron chi connectivity index (χ0n) is 8.50. The monoisotopic (exact) mass is 228 g/mol. The molecule has 2 saturated heterocycles. The van der Waals surface area contributed by atoms with Gasteiger partial charge in [0.25, 0.3) is 0 Å². The highest BCUT2D eigenvalue weighted by molar-refractivity contribution is 5.88. The summed E-state index contributed by atoms with van der Waals surface area (Å²) in [6.07, 6.45) is -2.02. The molecule has 0 aromatic heterocycles. The second-order valence-electron chi connectivity index (χ2n) is 4.17. The molecule has 0 unspecified atom stereocenters. The summed E-state index contributed by atoms with van der Waals surface area (Å²) in [6.45, 7) is 0.991. The summed E-state index contributed by atoms with van der Waals surface area (Å²) >= 11 is 0. The van der Waals surface area contributed by atoms with Crippen LogP contribution in [0.5, 0.6) is 0 Å². The normalized spacial score (nSPS) is 21.2. The van der Waals surface area contributed by atoms with Crippen molar-refractivity contribution in [2.45, 2.75) is 0 Å². The number of carbonyl (C=O) groups excluding carboxylic acids is 1. The zero-order chi connectivity index (χ0) is 11.9. The Hall–Kier alpha value is -1.79. The topological polar surface area (TPSA) is 98.2 Å². The van der Waals surface area contributed by atoms with Crippen molar-refractivity contribution >= 4 is 18.0 Å². The number of carbonyl (C=O) groups is 3. The number of rotatable bonds is 2. The summed E-state index contributed by atoms with van der Waals surface area (Å²) in [5.41, 5.74) is 0. The molecular weight excluding hydrogens is 216 g/mol. The van der Waals surface area contributed by atoms with Crippen LogP contribution >= 0.6 is 0 Å². The second-order valence-corrected chi connectivity index (χ2v) is 4.17. The van der Waals surface area contributed by atoms with Crippen LogP contribution in [0.2, 0.25) is 0 Å². The van der Waals surface area contributed by atoms with E-state index in [0.717, 1.165) is 0 Å². The molecule has 0 radical (unpaired) electrons. The summed E-state index contributed by atoms with van der Waals surface area (Å²) in [7, 11) is 0. The molecule has 16 heavy (non-hydrogen) atoms. The van der Waals surface area contributed by atoms with Gasteiger partial charge in [0.1, 0.15) is 5.78 Å². The number of amides is 2. The van der Waals surface area contributed by atoms with E-state index in [-0.39, 0.29) is 43.8 Å². The van der Waals surface area contributed by atoms with Crippen LogP contribution in [-0.2, 0) is 4.79 Å². The highest BCUT2D eigenvalue weighted by Gasteiger charge is 2.43. The fraction of sp³-hybridized carbons (Fsp3) is 0.667. The highest BCUT2D eigenvalue weighted by atomic mass is 16.4. The van der Waals surface area contributed by atoms with E-state index in [4.69, 9.17) is 10.2 Å². The van der Waals surface area contributed by atoms with Gasteiger partial charge < -0.3 is 20.0 Å². The van der Waals surface area contributed by atoms with E-state index in [1.165, 1.54) is 9.80 Å². The average molecular weight is 228 g/mol. The lowest BCUT2D eigenvalue weighted by Crippen LogP contribution is -2.59. The van der Waals surface area contributed by atoms with Gasteiger partial charge in [-0.2, -0.15) is 0 Å². The first-order valence-electron chi connectivity index (χ1n) is 4.98. The molecule has 7 nitrogen and oxygen atoms in total. The van der Waals surface area contributed by atoms with Crippen LogP contribution in [0.15, 0.2) is 0 Å². The first kappa shape index (κ1) is 10.7. The van der Waals surface area contributed by atoms with Crippen molar-refractivity contribution in [2.24, 2.45) is 11.8 Å². The number of ketones is 1. The molecule has 0 aromatic rings. The summed E-state index contributed by atoms with van der Waals surface area (Å²) in [5.74, 6) is -0.482. The summed E-state index contributed by atoms with van der Waals surface area (Å²) in [6, 6.07) is 0. The van der Waals surface area contributed by atoms with Gasteiger partial charge in [0.2, 0.25) is 0 Å². The maximum Gasteiger partial charge on any atom is 0.407 e. The minimum Gasteiger partial charge on any atom is -0.465 e. The van der Waals surface area contributed by atoms with Gasteiger partial charge in [-0.3, -0.25) is 4.79 Å². The van der Waals surface area contributed by atoms with Crippen molar-refractivity contribution < 1.29 is 24.6 Å². The third-order valence-electron chi connectivity index (χ3n) is 3.11. The first-order chi connectivity index (χ1) is 7.49. The number of Topliss-reactive ketones (excluding diaryl/α,β-unsaturated/α-hetero) is 1. The van der Waals surface area contributed by atoms with Gasteiger partial charge in [-0.1, -0.05) is 0 Å². The van der Waals surface area contributed by atoms with Crippen LogP contribution in [0.25, 0.3) is 0 Å². The fourth-order valence-electron chi connectivity index (χ4n) is 1.96. The standard InChI is InChI=1S/C9H12N2O5/c12-7(5-1-10(2-5)8(13)14)6-3-11(4-6)9(15)16/h5-6H,1-4H2,(H,13,14)(H,15,16). The van der Waals surface area contributed by atoms with Gasteiger partial charge in [-0.25, -0.2) is 9.59 Å². The van der Waals surface area contributed by atoms with E-state index < -0.39 is 12.2 Å². The molecule has 88 valence electrons. The van der Waals surface area contributed by atoms with Crippen LogP contribution in [-0.4, -0.2) is 64.2 Å². The number of nitrogens with zero attached hydrogens (tertiary/aromatic N) is 2. The second kappa shape index (κ2) is 3.66. The molecule has 0 atom stereocenters. The lowest BCUT2D eigenvalue weighted by molar-refractivity contribution is -0.135. The summed E-state index contributed by atoms with van der Waals surface area (Å²) < 4.78 is 0. The lowest BCUT2D eigenvalue weighted by Gasteiger charge is -2.42. The van der Waals surface area contributed by atoms with E-state index in [9.17, 15) is 14.4 Å². The number of hydrogen-bond acceptors (Lipinski definition) is 3. The van der Waals surface area contributed by atoms with E-state index in [1.54, 1.807) is 0 Å². The number of likely N-dealkylation sites (tertiary alicyclic amines) is 2. The summed E-state index contributed by atoms with van der Waals surface area (Å²) in [5, 5.41) is 17.2. The molecule has 0 aliphatic carbocycles. The molecule has 0 spiro atoms. The smallest absolute Gasteiger partial charge is 0.407 e. The highest BCUT2D eigenvalue weighted by Crippen LogP contribution is 2.25. The molecule has 2 amide bonds. The van der Waals surface area contributed by atoms with Crippen LogP contribution in [0.4, 0.5) is 9.59 Å². The molecule has 7 heteroatoms. The van der Waals surface area contributed by atoms with Crippen LogP contribution in [0.1, 0.15) is 0 Å². The Morgan fingerprint density at radius 1 is 0.812 bits per heavy atom. The van der Waals surface area contributed by atoms with Crippen LogP contribution in [0, 0.1) is 11.8 Å². The largest absolute Gasteiger partial charge is 0.465 e. The average Bonchev–Trinajstić information content (AvgIpc) is 1.95. The van der Waals surface area contributed by atoms with Crippen molar-refractivity contribution in [3.8, 4) is 0 Å². The predicted octanol–water partition coefficient (Wildman–Crippen LogP) is -0.225. The van der Waals surface area contributed by atoms with E-state index in [0.29, 0.717) is 0 Å². The predicted molar refractivity (Wildman–Crippen MR) is 51.2 cm³/mol. The third kappa shape index (κ3) is 1.68. The Kier molecular flexibility index (Phi) is 2.45. The SMILES string of the molecule is O=C(C1CN(C(=O)O)C1)C1CN(C(=O)O)C1. The van der Waals surface area contributed by atoms with Crippen molar-refractivity contribution in [3.05, 3.63) is 0 Å². The molecule has 0 saturated carbocycles. The Morgan fingerprint density at radius 3 is 1.38 bits per heavy atom. The first-order valence-corrected chi connectivity index (χ1v) is 4.98. The van der Waals surface area contributed by atoms with E-state index in [1.807, 2.05) is 0 Å². The molecule has 2 heterocycles. The molecule has 2 N–H and O–H groups in total. The number of hydrogen-bond donors (Lipinski definition) is 2. The van der Waals surface area contributed by atoms with Gasteiger partial charge in [-0.05, 0) is 0 Å². The molecule has 2 aliphatic heterocycles. The maximum atomic E-state index is 11.7. The Bertz CT molecular complexity index is 312. The van der Waals surface area contributed by atoms with Crippen molar-refractivity contribution in [1.82, 2.24) is 9.80 Å². The minimum atomic E-state index is -1.01. The Balaban J connectivity index is 1.75. The van der Waals surface area contributed by atoms with Gasteiger partial charge in [0.15, 0.2) is 0 Å². The fourth-order valence-corrected chi connectivity index (χ4v) is 1.96. The molecule has 0 bridgehead atoms. The van der Waals surface area contributed by atoms with Gasteiger partial charge in [-0.15, -0.1) is 0 Å². The van der Waals surface area contributed by atoms with Crippen LogP contribution in [0.3, 0.4) is 0 Å². The molecule has 2 aliphatic rings. The van der Waals surface area contributed by atoms with Gasteiger partial charge >= 0.3 is 12.2 Å².